The lowest BCUT2D eigenvalue weighted by atomic mass is 10.1. The van der Waals surface area contributed by atoms with E-state index in [1.807, 2.05) is 24.3 Å². The molecule has 0 N–H and O–H groups in total. The van der Waals surface area contributed by atoms with Gasteiger partial charge in [-0.1, -0.05) is 12.1 Å². The van der Waals surface area contributed by atoms with Gasteiger partial charge in [-0.2, -0.15) is 5.26 Å². The van der Waals surface area contributed by atoms with E-state index in [2.05, 4.69) is 11.1 Å². The Bertz CT molecular complexity index is 848. The molecule has 0 aliphatic heterocycles. The van der Waals surface area contributed by atoms with Gasteiger partial charge in [0.2, 0.25) is 0 Å². The lowest BCUT2D eigenvalue weighted by Gasteiger charge is -2.07. The summed E-state index contributed by atoms with van der Waals surface area (Å²) in [5.41, 5.74) is 2.17. The maximum atomic E-state index is 13.9. The zero-order valence-corrected chi connectivity index (χ0v) is 11.4. The molecule has 3 rings (SSSR count). The maximum Gasteiger partial charge on any atom is 0.174 e. The topological polar surface area (TPSA) is 50.3 Å². The number of fused-ring (bicyclic) bond motifs is 1. The Morgan fingerprint density at radius 1 is 1.29 bits per heavy atom. The van der Waals surface area contributed by atoms with Gasteiger partial charge in [-0.3, -0.25) is 4.40 Å². The minimum Gasteiger partial charge on any atom is -0.496 e. The van der Waals surface area contributed by atoms with Crippen molar-refractivity contribution < 1.29 is 9.13 Å². The summed E-state index contributed by atoms with van der Waals surface area (Å²) in [7, 11) is 1.57. The molecule has 2 aromatic heterocycles. The molecule has 2 heterocycles. The Morgan fingerprint density at radius 2 is 2.10 bits per heavy atom. The number of imidazole rings is 1. The average molecular weight is 281 g/mol. The van der Waals surface area contributed by atoms with Crippen molar-refractivity contribution >= 4 is 5.65 Å². The summed E-state index contributed by atoms with van der Waals surface area (Å²) < 4.78 is 20.9. The summed E-state index contributed by atoms with van der Waals surface area (Å²) in [5.74, 6) is 0.221. The number of hydrogen-bond acceptors (Lipinski definition) is 3. The van der Waals surface area contributed by atoms with E-state index < -0.39 is 5.82 Å². The number of aromatic nitrogens is 2. The van der Waals surface area contributed by atoms with Gasteiger partial charge in [0, 0.05) is 11.8 Å². The van der Waals surface area contributed by atoms with E-state index >= 15 is 0 Å². The highest BCUT2D eigenvalue weighted by Crippen LogP contribution is 2.32. The fourth-order valence-corrected chi connectivity index (χ4v) is 2.38. The van der Waals surface area contributed by atoms with E-state index in [-0.39, 0.29) is 12.1 Å². The number of benzene rings is 1. The second-order valence-electron chi connectivity index (χ2n) is 4.49. The monoisotopic (exact) mass is 281 g/mol. The van der Waals surface area contributed by atoms with Gasteiger partial charge < -0.3 is 4.74 Å². The third kappa shape index (κ3) is 2.11. The Kier molecular flexibility index (Phi) is 3.28. The Labute approximate surface area is 121 Å². The molecule has 4 nitrogen and oxygen atoms in total. The molecule has 0 atom stereocenters. The number of halogens is 1. The second kappa shape index (κ2) is 5.25. The number of rotatable bonds is 3. The van der Waals surface area contributed by atoms with E-state index in [9.17, 15) is 4.39 Å². The number of pyridine rings is 1. The molecule has 0 spiro atoms. The summed E-state index contributed by atoms with van der Waals surface area (Å²) >= 11 is 0. The quantitative estimate of drug-likeness (QED) is 0.740. The van der Waals surface area contributed by atoms with Crippen LogP contribution in [-0.4, -0.2) is 16.5 Å². The Balaban J connectivity index is 2.34. The molecular weight excluding hydrogens is 269 g/mol. The normalized spacial score (nSPS) is 10.5. The minimum absolute atomic E-state index is 0.137. The van der Waals surface area contributed by atoms with Gasteiger partial charge in [0.15, 0.2) is 11.5 Å². The van der Waals surface area contributed by atoms with Gasteiger partial charge >= 0.3 is 0 Å². The molecule has 104 valence electrons. The maximum absolute atomic E-state index is 13.9. The smallest absolute Gasteiger partial charge is 0.174 e. The van der Waals surface area contributed by atoms with Crippen molar-refractivity contribution in [1.82, 2.24) is 9.38 Å². The largest absolute Gasteiger partial charge is 0.496 e. The van der Waals surface area contributed by atoms with Crippen molar-refractivity contribution in [1.29, 1.82) is 5.26 Å². The minimum atomic E-state index is -0.419. The zero-order valence-electron chi connectivity index (χ0n) is 11.4. The van der Waals surface area contributed by atoms with Crippen LogP contribution in [0.25, 0.3) is 16.9 Å². The molecule has 0 aliphatic carbocycles. The van der Waals surface area contributed by atoms with Gasteiger partial charge in [-0.15, -0.1) is 0 Å². The van der Waals surface area contributed by atoms with Crippen molar-refractivity contribution in [3.8, 4) is 23.1 Å². The highest BCUT2D eigenvalue weighted by atomic mass is 19.1. The second-order valence-corrected chi connectivity index (χ2v) is 4.49. The average Bonchev–Trinajstić information content (AvgIpc) is 2.88. The first-order valence-corrected chi connectivity index (χ1v) is 6.42. The number of ether oxygens (including phenoxy) is 1. The number of methoxy groups -OCH3 is 1. The van der Waals surface area contributed by atoms with Crippen LogP contribution >= 0.6 is 0 Å². The van der Waals surface area contributed by atoms with Crippen LogP contribution in [-0.2, 0) is 6.42 Å². The summed E-state index contributed by atoms with van der Waals surface area (Å²) in [5, 5.41) is 9.05. The Hall–Kier alpha value is -2.87. The lowest BCUT2D eigenvalue weighted by Crippen LogP contribution is -1.95. The molecule has 3 aromatic rings. The van der Waals surface area contributed by atoms with E-state index in [1.54, 1.807) is 23.8 Å². The van der Waals surface area contributed by atoms with Crippen molar-refractivity contribution in [2.75, 3.05) is 7.11 Å². The molecule has 0 radical (unpaired) electrons. The van der Waals surface area contributed by atoms with Gasteiger partial charge in [0.05, 0.1) is 31.0 Å². The van der Waals surface area contributed by atoms with Gasteiger partial charge in [0.1, 0.15) is 5.75 Å². The number of nitrogens with zero attached hydrogens (tertiary/aromatic N) is 3. The first-order chi connectivity index (χ1) is 10.3. The predicted octanol–water partition coefficient (Wildman–Crippen LogP) is 3.22. The van der Waals surface area contributed by atoms with Crippen LogP contribution in [0.15, 0.2) is 42.6 Å². The van der Waals surface area contributed by atoms with Gasteiger partial charge in [0.25, 0.3) is 0 Å². The molecule has 21 heavy (non-hydrogen) atoms. The zero-order chi connectivity index (χ0) is 14.8. The summed E-state index contributed by atoms with van der Waals surface area (Å²) in [6, 6.07) is 12.4. The molecule has 0 saturated heterocycles. The summed E-state index contributed by atoms with van der Waals surface area (Å²) in [4.78, 5) is 4.37. The molecule has 0 bridgehead atoms. The molecular formula is C16H12FN3O. The van der Waals surface area contributed by atoms with E-state index in [4.69, 9.17) is 10.00 Å². The standard InChI is InChI=1S/C16H12FN3O/c1-21-14-7-3-2-5-11(14)15-13(8-9-18)20-10-4-6-12(17)16(20)19-15/h2-7,10H,8H2,1H3. The Morgan fingerprint density at radius 3 is 2.86 bits per heavy atom. The van der Waals surface area contributed by atoms with Crippen LogP contribution in [0.2, 0.25) is 0 Å². The fraction of sp³-hybridized carbons (Fsp3) is 0.125. The fourth-order valence-electron chi connectivity index (χ4n) is 2.38. The van der Waals surface area contributed by atoms with Crippen LogP contribution in [0.4, 0.5) is 4.39 Å². The van der Waals surface area contributed by atoms with Gasteiger partial charge in [-0.25, -0.2) is 9.37 Å². The summed E-state index contributed by atoms with van der Waals surface area (Å²) in [6.45, 7) is 0. The third-order valence-corrected chi connectivity index (χ3v) is 3.31. The molecule has 0 amide bonds. The predicted molar refractivity (Wildman–Crippen MR) is 76.5 cm³/mol. The molecule has 0 fully saturated rings. The highest BCUT2D eigenvalue weighted by Gasteiger charge is 2.18. The lowest BCUT2D eigenvalue weighted by molar-refractivity contribution is 0.416. The van der Waals surface area contributed by atoms with Gasteiger partial charge in [-0.05, 0) is 24.3 Å². The van der Waals surface area contributed by atoms with Crippen molar-refractivity contribution in [2.24, 2.45) is 0 Å². The van der Waals surface area contributed by atoms with E-state index in [0.717, 1.165) is 5.56 Å². The molecule has 1 aromatic carbocycles. The number of nitriles is 1. The first-order valence-electron chi connectivity index (χ1n) is 6.42. The molecule has 5 heteroatoms. The SMILES string of the molecule is COc1ccccc1-c1nc2c(F)cccn2c1CC#N. The molecule has 0 saturated carbocycles. The molecule has 0 unspecified atom stereocenters. The van der Waals surface area contributed by atoms with E-state index in [0.29, 0.717) is 17.1 Å². The molecule has 0 aliphatic rings. The highest BCUT2D eigenvalue weighted by molar-refractivity contribution is 5.72. The van der Waals surface area contributed by atoms with Crippen LogP contribution < -0.4 is 4.74 Å². The first kappa shape index (κ1) is 13.1. The van der Waals surface area contributed by atoms with Crippen molar-refractivity contribution in [3.05, 3.63) is 54.1 Å². The number of hydrogen-bond donors (Lipinski definition) is 0. The van der Waals surface area contributed by atoms with Crippen LogP contribution in [0.3, 0.4) is 0 Å². The third-order valence-electron chi connectivity index (χ3n) is 3.31. The van der Waals surface area contributed by atoms with Crippen molar-refractivity contribution in [2.45, 2.75) is 6.42 Å². The number of para-hydroxylation sites is 1. The van der Waals surface area contributed by atoms with Crippen LogP contribution in [0.1, 0.15) is 5.69 Å². The van der Waals surface area contributed by atoms with Crippen molar-refractivity contribution in [3.63, 3.8) is 0 Å². The van der Waals surface area contributed by atoms with Crippen LogP contribution in [0.5, 0.6) is 5.75 Å². The van der Waals surface area contributed by atoms with E-state index in [1.165, 1.54) is 6.07 Å². The van der Waals surface area contributed by atoms with Crippen LogP contribution in [0, 0.1) is 17.1 Å². The summed E-state index contributed by atoms with van der Waals surface area (Å²) in [6.07, 6.45) is 1.84.